The minimum atomic E-state index is -3.73. The Kier molecular flexibility index (Phi) is 3.66. The van der Waals surface area contributed by atoms with Gasteiger partial charge in [-0.3, -0.25) is 4.18 Å². The van der Waals surface area contributed by atoms with Crippen molar-refractivity contribution < 1.29 is 22.5 Å². The maximum Gasteiger partial charge on any atom is 0.407 e. The van der Waals surface area contributed by atoms with Crippen LogP contribution in [0.15, 0.2) is 12.1 Å². The molecule has 2 heterocycles. The third-order valence-corrected chi connectivity index (χ3v) is 3.38. The van der Waals surface area contributed by atoms with Gasteiger partial charge >= 0.3 is 6.09 Å². The van der Waals surface area contributed by atoms with Crippen molar-refractivity contribution in [2.24, 2.45) is 0 Å². The van der Waals surface area contributed by atoms with Gasteiger partial charge in [-0.15, -0.1) is 0 Å². The molecule has 0 bridgehead atoms. The summed E-state index contributed by atoms with van der Waals surface area (Å²) in [4.78, 5) is 16.1. The van der Waals surface area contributed by atoms with Gasteiger partial charge in [-0.25, -0.2) is 9.78 Å². The highest BCUT2D eigenvalue weighted by Crippen LogP contribution is 2.30. The highest BCUT2D eigenvalue weighted by atomic mass is 35.5. The molecular formula is C10H11ClN2O5S. The maximum atomic E-state index is 11.2. The predicted molar refractivity (Wildman–Crippen MR) is 66.4 cm³/mol. The molecule has 0 aromatic carbocycles. The molecule has 0 aliphatic carbocycles. The lowest BCUT2D eigenvalue weighted by molar-refractivity contribution is 0.0949. The number of carbonyl (C=O) groups is 1. The van der Waals surface area contributed by atoms with Crippen molar-refractivity contribution in [2.75, 3.05) is 12.8 Å². The topological polar surface area (TPSA) is 96.8 Å². The fourth-order valence-electron chi connectivity index (χ4n) is 1.88. The number of nitrogens with zero attached hydrogens (tertiary/aromatic N) is 2. The number of pyridine rings is 1. The highest BCUT2D eigenvalue weighted by Gasteiger charge is 2.32. The molecule has 19 heavy (non-hydrogen) atoms. The fourth-order valence-corrected chi connectivity index (χ4v) is 2.61. The highest BCUT2D eigenvalue weighted by molar-refractivity contribution is 7.86. The molecule has 7 nitrogen and oxygen atoms in total. The normalized spacial score (nSPS) is 19.1. The van der Waals surface area contributed by atoms with E-state index in [1.807, 2.05) is 0 Å². The van der Waals surface area contributed by atoms with E-state index in [1.165, 1.54) is 6.07 Å². The second-order valence-corrected chi connectivity index (χ2v) is 6.12. The first kappa shape index (κ1) is 14.0. The second kappa shape index (κ2) is 4.95. The largest absolute Gasteiger partial charge is 0.465 e. The van der Waals surface area contributed by atoms with Crippen LogP contribution in [0, 0.1) is 0 Å². The molecule has 104 valence electrons. The number of rotatable bonds is 2. The summed E-state index contributed by atoms with van der Waals surface area (Å²) in [6, 6.07) is 3.13. The zero-order valence-corrected chi connectivity index (χ0v) is 11.5. The summed E-state index contributed by atoms with van der Waals surface area (Å²) < 4.78 is 27.3. The van der Waals surface area contributed by atoms with E-state index in [4.69, 9.17) is 20.9 Å². The molecule has 1 aliphatic rings. The van der Waals surface area contributed by atoms with E-state index in [1.54, 1.807) is 6.07 Å². The number of hydrogen-bond acceptors (Lipinski definition) is 5. The third-order valence-electron chi connectivity index (χ3n) is 2.59. The van der Waals surface area contributed by atoms with Gasteiger partial charge in [0, 0.05) is 0 Å². The van der Waals surface area contributed by atoms with Gasteiger partial charge in [-0.1, -0.05) is 17.7 Å². The molecule has 1 atom stereocenters. The van der Waals surface area contributed by atoms with Gasteiger partial charge in [0.05, 0.1) is 25.0 Å². The van der Waals surface area contributed by atoms with Crippen molar-refractivity contribution in [1.29, 1.82) is 0 Å². The minimum Gasteiger partial charge on any atom is -0.465 e. The van der Waals surface area contributed by atoms with Crippen molar-refractivity contribution in [3.8, 4) is 0 Å². The van der Waals surface area contributed by atoms with Gasteiger partial charge in [0.15, 0.2) is 0 Å². The van der Waals surface area contributed by atoms with Gasteiger partial charge in [0.2, 0.25) is 0 Å². The number of fused-ring (bicyclic) bond motifs is 1. The van der Waals surface area contributed by atoms with E-state index in [2.05, 4.69) is 4.98 Å². The average molecular weight is 307 g/mol. The zero-order chi connectivity index (χ0) is 14.2. The van der Waals surface area contributed by atoms with Gasteiger partial charge in [-0.2, -0.15) is 8.42 Å². The lowest BCUT2D eigenvalue weighted by Crippen LogP contribution is -2.39. The van der Waals surface area contributed by atoms with E-state index in [9.17, 15) is 13.2 Å². The molecule has 0 saturated carbocycles. The lowest BCUT2D eigenvalue weighted by atomic mass is 10.0. The number of amides is 1. The molecule has 0 saturated heterocycles. The molecule has 0 radical (unpaired) electrons. The predicted octanol–water partition coefficient (Wildman–Crippen LogP) is 1.25. The number of hydrogen-bond donors (Lipinski definition) is 1. The first-order valence-electron chi connectivity index (χ1n) is 5.28. The average Bonchev–Trinajstić information content (AvgIpc) is 2.27. The first-order valence-corrected chi connectivity index (χ1v) is 7.47. The molecule has 2 rings (SSSR count). The summed E-state index contributed by atoms with van der Waals surface area (Å²) in [5.74, 6) is 0. The van der Waals surface area contributed by atoms with E-state index < -0.39 is 22.3 Å². The number of carboxylic acid groups (broad SMARTS) is 1. The number of aromatic nitrogens is 1. The van der Waals surface area contributed by atoms with E-state index in [0.29, 0.717) is 11.3 Å². The van der Waals surface area contributed by atoms with Gasteiger partial charge in [-0.05, 0) is 11.6 Å². The summed E-state index contributed by atoms with van der Waals surface area (Å²) >= 11 is 5.77. The minimum absolute atomic E-state index is 0.108. The molecule has 1 unspecified atom stereocenters. The Morgan fingerprint density at radius 2 is 2.26 bits per heavy atom. The third kappa shape index (κ3) is 3.34. The molecule has 1 aromatic rings. The van der Waals surface area contributed by atoms with Crippen LogP contribution in [0.3, 0.4) is 0 Å². The van der Waals surface area contributed by atoms with Crippen molar-refractivity contribution in [2.45, 2.75) is 12.6 Å². The summed E-state index contributed by atoms with van der Waals surface area (Å²) in [5.41, 5.74) is 0.933. The van der Waals surface area contributed by atoms with Gasteiger partial charge in [0.25, 0.3) is 10.1 Å². The summed E-state index contributed by atoms with van der Waals surface area (Å²) in [5, 5.41) is 9.21. The van der Waals surface area contributed by atoms with Crippen molar-refractivity contribution >= 4 is 27.8 Å². The Morgan fingerprint density at radius 3 is 2.84 bits per heavy atom. The molecule has 1 aliphatic heterocycles. The maximum absolute atomic E-state index is 11.2. The van der Waals surface area contributed by atoms with Crippen LogP contribution in [-0.4, -0.2) is 42.3 Å². The number of halogens is 1. The quantitative estimate of drug-likeness (QED) is 0.652. The monoisotopic (exact) mass is 306 g/mol. The van der Waals surface area contributed by atoms with Crippen molar-refractivity contribution in [1.82, 2.24) is 9.88 Å². The van der Waals surface area contributed by atoms with Crippen LogP contribution in [0.25, 0.3) is 0 Å². The molecule has 1 aromatic heterocycles. The first-order chi connectivity index (χ1) is 8.76. The molecule has 1 amide bonds. The van der Waals surface area contributed by atoms with Crippen LogP contribution >= 0.6 is 11.6 Å². The fraction of sp³-hybridized carbons (Fsp3) is 0.400. The standard InChI is InChI=1S/C10H11ClN2O5S/c1-19(16,17)18-7-5-13(10(14)15)4-6-2-3-8(11)12-9(6)7/h2-3,7H,4-5H2,1H3,(H,14,15). The van der Waals surface area contributed by atoms with Crippen LogP contribution in [0.4, 0.5) is 4.79 Å². The smallest absolute Gasteiger partial charge is 0.407 e. The van der Waals surface area contributed by atoms with Crippen LogP contribution in [0.5, 0.6) is 0 Å². The van der Waals surface area contributed by atoms with Crippen molar-refractivity contribution in [3.63, 3.8) is 0 Å². The Hall–Kier alpha value is -1.38. The SMILES string of the molecule is CS(=O)(=O)OC1CN(C(=O)O)Cc2ccc(Cl)nc21. The van der Waals surface area contributed by atoms with Crippen LogP contribution in [0.1, 0.15) is 17.4 Å². The van der Waals surface area contributed by atoms with Crippen LogP contribution < -0.4 is 0 Å². The Bertz CT molecular complexity index is 618. The Labute approximate surface area is 114 Å². The Balaban J connectivity index is 2.41. The van der Waals surface area contributed by atoms with E-state index in [-0.39, 0.29) is 18.2 Å². The molecular weight excluding hydrogens is 296 g/mol. The summed E-state index contributed by atoms with van der Waals surface area (Å²) in [6.07, 6.45) is -1.23. The second-order valence-electron chi connectivity index (χ2n) is 4.13. The summed E-state index contributed by atoms with van der Waals surface area (Å²) in [7, 11) is -3.73. The van der Waals surface area contributed by atoms with Crippen LogP contribution in [-0.2, 0) is 20.8 Å². The zero-order valence-electron chi connectivity index (χ0n) is 9.91. The molecule has 0 spiro atoms. The Morgan fingerprint density at radius 1 is 1.58 bits per heavy atom. The van der Waals surface area contributed by atoms with Gasteiger partial charge < -0.3 is 10.0 Å². The lowest BCUT2D eigenvalue weighted by Gasteiger charge is -2.31. The van der Waals surface area contributed by atoms with Crippen LogP contribution in [0.2, 0.25) is 5.15 Å². The molecule has 0 fully saturated rings. The van der Waals surface area contributed by atoms with E-state index >= 15 is 0 Å². The van der Waals surface area contributed by atoms with Gasteiger partial charge in [0.1, 0.15) is 11.3 Å². The summed E-state index contributed by atoms with van der Waals surface area (Å²) in [6.45, 7) is 0.0151. The van der Waals surface area contributed by atoms with E-state index in [0.717, 1.165) is 11.2 Å². The molecule has 1 N–H and O–H groups in total. The van der Waals surface area contributed by atoms with Crippen molar-refractivity contribution in [3.05, 3.63) is 28.5 Å². The molecule has 9 heteroatoms.